The van der Waals surface area contributed by atoms with Crippen LogP contribution in [0.25, 0.3) is 22.0 Å². The van der Waals surface area contributed by atoms with E-state index in [-0.39, 0.29) is 17.6 Å². The maximum absolute atomic E-state index is 14.2. The maximum atomic E-state index is 14.2. The fourth-order valence-corrected chi connectivity index (χ4v) is 4.33. The first-order chi connectivity index (χ1) is 14.4. The molecule has 1 amide bonds. The van der Waals surface area contributed by atoms with E-state index in [2.05, 4.69) is 20.5 Å². The number of carbonyl (C=O) groups is 1. The van der Waals surface area contributed by atoms with Gasteiger partial charge in [-0.15, -0.1) is 10.2 Å². The lowest BCUT2D eigenvalue weighted by Gasteiger charge is -2.31. The van der Waals surface area contributed by atoms with Crippen molar-refractivity contribution < 1.29 is 9.18 Å². The summed E-state index contributed by atoms with van der Waals surface area (Å²) in [7, 11) is 0. The summed E-state index contributed by atoms with van der Waals surface area (Å²) in [5, 5.41) is 11.7. The number of anilines is 1. The van der Waals surface area contributed by atoms with E-state index in [1.165, 1.54) is 12.4 Å². The van der Waals surface area contributed by atoms with Crippen LogP contribution in [0.4, 0.5) is 10.3 Å². The summed E-state index contributed by atoms with van der Waals surface area (Å²) in [4.78, 5) is 29.0. The lowest BCUT2D eigenvalue weighted by Crippen LogP contribution is -2.48. The van der Waals surface area contributed by atoms with Gasteiger partial charge in [-0.3, -0.25) is 19.5 Å². The first-order valence-corrected chi connectivity index (χ1v) is 9.57. The number of benzene rings is 2. The highest BCUT2D eigenvalue weighted by Gasteiger charge is 2.52. The van der Waals surface area contributed by atoms with Crippen molar-refractivity contribution in [3.05, 3.63) is 76.6 Å². The molecule has 1 aliphatic heterocycles. The normalized spacial score (nSPS) is 18.1. The molecule has 5 rings (SSSR count). The van der Waals surface area contributed by atoms with Crippen LogP contribution in [0.2, 0.25) is 0 Å². The van der Waals surface area contributed by atoms with Crippen molar-refractivity contribution in [1.29, 1.82) is 0 Å². The molecule has 1 unspecified atom stereocenters. The standard InChI is InChI=1S/C22H18FN5O2/c1-12(2)22(20(30)26-21-27-24-11-28(21)22)16-8-9-18(25-19(16)29)14-7-6-13-4-3-5-17(23)15(13)10-14/h3-12H,1-2H3,(H,25,29)(H,26,27,30). The molecule has 0 saturated carbocycles. The summed E-state index contributed by atoms with van der Waals surface area (Å²) < 4.78 is 15.8. The Morgan fingerprint density at radius 3 is 2.70 bits per heavy atom. The van der Waals surface area contributed by atoms with Crippen LogP contribution in [-0.4, -0.2) is 25.7 Å². The molecule has 2 aromatic heterocycles. The molecule has 150 valence electrons. The number of hydrogen-bond donors (Lipinski definition) is 2. The van der Waals surface area contributed by atoms with Crippen LogP contribution in [0.3, 0.4) is 0 Å². The number of rotatable bonds is 3. The zero-order valence-electron chi connectivity index (χ0n) is 16.3. The predicted octanol–water partition coefficient (Wildman–Crippen LogP) is 3.28. The quantitative estimate of drug-likeness (QED) is 0.549. The van der Waals surface area contributed by atoms with E-state index < -0.39 is 11.1 Å². The molecule has 3 heterocycles. The molecule has 0 radical (unpaired) electrons. The first-order valence-electron chi connectivity index (χ1n) is 9.57. The smallest absolute Gasteiger partial charge is 0.258 e. The van der Waals surface area contributed by atoms with Crippen molar-refractivity contribution in [1.82, 2.24) is 19.7 Å². The van der Waals surface area contributed by atoms with E-state index in [1.807, 2.05) is 32.0 Å². The number of H-pyrrole nitrogens is 1. The van der Waals surface area contributed by atoms with Crippen LogP contribution in [0.15, 0.2) is 59.7 Å². The topological polar surface area (TPSA) is 92.7 Å². The molecule has 0 bridgehead atoms. The molecular formula is C22H18FN5O2. The van der Waals surface area contributed by atoms with Crippen molar-refractivity contribution in [3.8, 4) is 11.3 Å². The molecule has 4 aromatic rings. The molecular weight excluding hydrogens is 385 g/mol. The van der Waals surface area contributed by atoms with Gasteiger partial charge in [-0.25, -0.2) is 4.39 Å². The highest BCUT2D eigenvalue weighted by atomic mass is 19.1. The fourth-order valence-electron chi connectivity index (χ4n) is 4.33. The Kier molecular flexibility index (Phi) is 3.86. The van der Waals surface area contributed by atoms with Gasteiger partial charge < -0.3 is 4.98 Å². The highest BCUT2D eigenvalue weighted by molar-refractivity contribution is 6.02. The first kappa shape index (κ1) is 18.2. The van der Waals surface area contributed by atoms with Crippen molar-refractivity contribution in [2.45, 2.75) is 19.4 Å². The number of aromatic amines is 1. The van der Waals surface area contributed by atoms with Gasteiger partial charge in [0.2, 0.25) is 5.95 Å². The average molecular weight is 403 g/mol. The minimum atomic E-state index is -1.25. The molecule has 30 heavy (non-hydrogen) atoms. The minimum Gasteiger partial charge on any atom is -0.322 e. The van der Waals surface area contributed by atoms with Crippen LogP contribution in [0.5, 0.6) is 0 Å². The van der Waals surface area contributed by atoms with Gasteiger partial charge in [-0.2, -0.15) is 0 Å². The lowest BCUT2D eigenvalue weighted by atomic mass is 9.80. The van der Waals surface area contributed by atoms with Crippen molar-refractivity contribution in [2.24, 2.45) is 5.92 Å². The molecule has 0 aliphatic carbocycles. The maximum Gasteiger partial charge on any atom is 0.258 e. The summed E-state index contributed by atoms with van der Waals surface area (Å²) in [5.74, 6) is -0.582. The number of aromatic nitrogens is 4. The predicted molar refractivity (Wildman–Crippen MR) is 111 cm³/mol. The minimum absolute atomic E-state index is 0.239. The highest BCUT2D eigenvalue weighted by Crippen LogP contribution is 2.40. The van der Waals surface area contributed by atoms with Gasteiger partial charge in [0.05, 0.1) is 5.56 Å². The van der Waals surface area contributed by atoms with Crippen molar-refractivity contribution >= 4 is 22.6 Å². The molecule has 1 aliphatic rings. The van der Waals surface area contributed by atoms with Crippen LogP contribution in [-0.2, 0) is 10.3 Å². The third kappa shape index (κ3) is 2.36. The third-order valence-electron chi connectivity index (χ3n) is 5.79. The Labute approximate surface area is 170 Å². The van der Waals surface area contributed by atoms with Gasteiger partial charge in [0, 0.05) is 11.1 Å². The van der Waals surface area contributed by atoms with Crippen LogP contribution in [0, 0.1) is 11.7 Å². The number of halogens is 1. The molecule has 0 spiro atoms. The van der Waals surface area contributed by atoms with Gasteiger partial charge in [-0.1, -0.05) is 38.1 Å². The Hall–Kier alpha value is -3.81. The monoisotopic (exact) mass is 403 g/mol. The summed E-state index contributed by atoms with van der Waals surface area (Å²) >= 11 is 0. The largest absolute Gasteiger partial charge is 0.322 e. The Bertz CT molecular complexity index is 1370. The van der Waals surface area contributed by atoms with Crippen molar-refractivity contribution in [2.75, 3.05) is 5.32 Å². The van der Waals surface area contributed by atoms with E-state index in [9.17, 15) is 14.0 Å². The molecule has 0 fully saturated rings. The Morgan fingerprint density at radius 1 is 1.10 bits per heavy atom. The fraction of sp³-hybridized carbons (Fsp3) is 0.182. The summed E-state index contributed by atoms with van der Waals surface area (Å²) in [6.07, 6.45) is 1.45. The molecule has 0 saturated heterocycles. The average Bonchev–Trinajstić information content (AvgIpc) is 3.28. The van der Waals surface area contributed by atoms with Gasteiger partial charge in [0.15, 0.2) is 5.54 Å². The number of hydrogen-bond acceptors (Lipinski definition) is 4. The van der Waals surface area contributed by atoms with Gasteiger partial charge >= 0.3 is 0 Å². The lowest BCUT2D eigenvalue weighted by molar-refractivity contribution is -0.123. The van der Waals surface area contributed by atoms with Crippen LogP contribution in [0.1, 0.15) is 19.4 Å². The number of carbonyl (C=O) groups excluding carboxylic acids is 1. The number of nitrogens with one attached hydrogen (secondary N) is 2. The van der Waals surface area contributed by atoms with E-state index >= 15 is 0 Å². The van der Waals surface area contributed by atoms with E-state index in [1.54, 1.807) is 28.8 Å². The number of nitrogens with zero attached hydrogens (tertiary/aromatic N) is 3. The van der Waals surface area contributed by atoms with E-state index in [0.717, 1.165) is 5.39 Å². The number of pyridine rings is 1. The summed E-state index contributed by atoms with van der Waals surface area (Å²) in [5.41, 5.74) is -0.137. The second kappa shape index (κ2) is 6.35. The summed E-state index contributed by atoms with van der Waals surface area (Å²) in [6, 6.07) is 13.6. The second-order valence-electron chi connectivity index (χ2n) is 7.69. The van der Waals surface area contributed by atoms with E-state index in [4.69, 9.17) is 0 Å². The van der Waals surface area contributed by atoms with Crippen molar-refractivity contribution in [3.63, 3.8) is 0 Å². The molecule has 1 atom stereocenters. The SMILES string of the molecule is CC(C)C1(c2ccc(-c3ccc4cccc(F)c4c3)[nH]c2=O)C(=O)Nc2nncn21. The second-order valence-corrected chi connectivity index (χ2v) is 7.69. The number of fused-ring (bicyclic) bond motifs is 2. The molecule has 2 N–H and O–H groups in total. The zero-order valence-corrected chi connectivity index (χ0v) is 16.3. The molecule has 2 aromatic carbocycles. The number of amides is 1. The van der Waals surface area contributed by atoms with Crippen LogP contribution >= 0.6 is 0 Å². The third-order valence-corrected chi connectivity index (χ3v) is 5.79. The van der Waals surface area contributed by atoms with Gasteiger partial charge in [-0.05, 0) is 41.1 Å². The Balaban J connectivity index is 1.67. The van der Waals surface area contributed by atoms with Gasteiger partial charge in [0.25, 0.3) is 11.5 Å². The molecule has 7 nitrogen and oxygen atoms in total. The summed E-state index contributed by atoms with van der Waals surface area (Å²) in [6.45, 7) is 3.74. The van der Waals surface area contributed by atoms with Crippen LogP contribution < -0.4 is 10.9 Å². The van der Waals surface area contributed by atoms with Gasteiger partial charge in [0.1, 0.15) is 12.1 Å². The zero-order chi connectivity index (χ0) is 21.0. The molecule has 8 heteroatoms. The Morgan fingerprint density at radius 2 is 1.93 bits per heavy atom. The van der Waals surface area contributed by atoms with E-state index in [0.29, 0.717) is 28.2 Å².